The predicted octanol–water partition coefficient (Wildman–Crippen LogP) is 4.34. The van der Waals surface area contributed by atoms with E-state index < -0.39 is 20.0 Å². The summed E-state index contributed by atoms with van der Waals surface area (Å²) in [6.45, 7) is 1.89. The molecule has 2 N–H and O–H groups in total. The summed E-state index contributed by atoms with van der Waals surface area (Å²) in [4.78, 5) is -0.0324. The Morgan fingerprint density at radius 1 is 0.962 bits per heavy atom. The number of sulfonamides is 2. The smallest absolute Gasteiger partial charge is 0.261 e. The molecular formula is C16H18Cl2N2O4S2. The van der Waals surface area contributed by atoms with Crippen molar-refractivity contribution in [3.05, 3.63) is 52.5 Å². The standard InChI is InChI=1S/C16H18Cl2N2O4S2/c1-2-3-9-25(21,22)19-13-7-8-15(18)16(11-13)20-26(23,24)14-6-4-5-12(17)10-14/h4-8,10-11,19-20H,2-3,9H2,1H3. The van der Waals surface area contributed by atoms with Crippen molar-refractivity contribution in [2.75, 3.05) is 15.2 Å². The van der Waals surface area contributed by atoms with E-state index >= 15 is 0 Å². The van der Waals surface area contributed by atoms with E-state index in [9.17, 15) is 16.8 Å². The molecule has 0 aliphatic heterocycles. The number of rotatable bonds is 8. The van der Waals surface area contributed by atoms with Crippen LogP contribution in [0.3, 0.4) is 0 Å². The van der Waals surface area contributed by atoms with Gasteiger partial charge in [0.25, 0.3) is 10.0 Å². The minimum Gasteiger partial charge on any atom is -0.283 e. The topological polar surface area (TPSA) is 92.3 Å². The van der Waals surface area contributed by atoms with Crippen LogP contribution in [0.15, 0.2) is 47.4 Å². The third-order valence-electron chi connectivity index (χ3n) is 3.36. The molecule has 0 bridgehead atoms. The number of halogens is 2. The molecule has 2 aromatic rings. The molecule has 0 aliphatic carbocycles. The number of unbranched alkanes of at least 4 members (excludes halogenated alkanes) is 1. The van der Waals surface area contributed by atoms with E-state index in [1.54, 1.807) is 6.07 Å². The summed E-state index contributed by atoms with van der Waals surface area (Å²) in [6.07, 6.45) is 1.27. The van der Waals surface area contributed by atoms with E-state index in [4.69, 9.17) is 23.2 Å². The molecule has 0 saturated heterocycles. The minimum atomic E-state index is -3.93. The second kappa shape index (κ2) is 8.47. The van der Waals surface area contributed by atoms with Gasteiger partial charge in [-0.25, -0.2) is 16.8 Å². The van der Waals surface area contributed by atoms with Crippen LogP contribution in [0.25, 0.3) is 0 Å². The molecule has 0 fully saturated rings. The van der Waals surface area contributed by atoms with Gasteiger partial charge in [0.1, 0.15) is 0 Å². The largest absolute Gasteiger partial charge is 0.283 e. The first-order valence-corrected chi connectivity index (χ1v) is 11.6. The van der Waals surface area contributed by atoms with Gasteiger partial charge in [-0.2, -0.15) is 0 Å². The predicted molar refractivity (Wildman–Crippen MR) is 106 cm³/mol. The maximum absolute atomic E-state index is 12.5. The molecule has 2 rings (SSSR count). The second-order valence-corrected chi connectivity index (χ2v) is 9.90. The molecule has 0 spiro atoms. The number of hydrogen-bond donors (Lipinski definition) is 2. The van der Waals surface area contributed by atoms with Crippen molar-refractivity contribution in [3.63, 3.8) is 0 Å². The molecule has 0 aromatic heterocycles. The van der Waals surface area contributed by atoms with Crippen LogP contribution < -0.4 is 9.44 Å². The summed E-state index contributed by atoms with van der Waals surface area (Å²) in [6, 6.07) is 9.95. The molecule has 2 aromatic carbocycles. The summed E-state index contributed by atoms with van der Waals surface area (Å²) < 4.78 is 53.7. The highest BCUT2D eigenvalue weighted by Gasteiger charge is 2.17. The van der Waals surface area contributed by atoms with Crippen LogP contribution in [0, 0.1) is 0 Å². The fraction of sp³-hybridized carbons (Fsp3) is 0.250. The second-order valence-electron chi connectivity index (χ2n) is 5.53. The lowest BCUT2D eigenvalue weighted by molar-refractivity contribution is 0.597. The van der Waals surface area contributed by atoms with Crippen molar-refractivity contribution >= 4 is 54.6 Å². The van der Waals surface area contributed by atoms with E-state index in [-0.39, 0.29) is 32.1 Å². The van der Waals surface area contributed by atoms with E-state index in [0.717, 1.165) is 6.42 Å². The van der Waals surface area contributed by atoms with Gasteiger partial charge in [0, 0.05) is 5.02 Å². The molecule has 0 unspecified atom stereocenters. The van der Waals surface area contributed by atoms with Gasteiger partial charge < -0.3 is 0 Å². The van der Waals surface area contributed by atoms with Crippen LogP contribution in [0.4, 0.5) is 11.4 Å². The lowest BCUT2D eigenvalue weighted by atomic mass is 10.3. The Morgan fingerprint density at radius 2 is 1.69 bits per heavy atom. The van der Waals surface area contributed by atoms with Gasteiger partial charge in [0.05, 0.1) is 27.0 Å². The minimum absolute atomic E-state index is 0.0182. The van der Waals surface area contributed by atoms with E-state index in [1.807, 2.05) is 6.92 Å². The molecular weight excluding hydrogens is 419 g/mol. The molecule has 142 valence electrons. The zero-order valence-corrected chi connectivity index (χ0v) is 17.0. The van der Waals surface area contributed by atoms with Crippen molar-refractivity contribution in [1.82, 2.24) is 0 Å². The van der Waals surface area contributed by atoms with Gasteiger partial charge in [-0.05, 0) is 42.8 Å². The Kier molecular flexibility index (Phi) is 6.79. The van der Waals surface area contributed by atoms with Crippen molar-refractivity contribution < 1.29 is 16.8 Å². The average molecular weight is 437 g/mol. The third-order valence-corrected chi connectivity index (χ3v) is 6.66. The molecule has 0 radical (unpaired) electrons. The maximum Gasteiger partial charge on any atom is 0.261 e. The molecule has 6 nitrogen and oxygen atoms in total. The summed E-state index contributed by atoms with van der Waals surface area (Å²) in [5, 5.41) is 0.406. The van der Waals surface area contributed by atoms with Crippen molar-refractivity contribution in [3.8, 4) is 0 Å². The maximum atomic E-state index is 12.5. The molecule has 0 heterocycles. The Labute approximate surface area is 163 Å². The highest BCUT2D eigenvalue weighted by Crippen LogP contribution is 2.29. The molecule has 0 aliphatic rings. The Morgan fingerprint density at radius 3 is 2.35 bits per heavy atom. The third kappa shape index (κ3) is 5.77. The Bertz CT molecular complexity index is 993. The lowest BCUT2D eigenvalue weighted by Crippen LogP contribution is -2.17. The van der Waals surface area contributed by atoms with Crippen LogP contribution in [0.5, 0.6) is 0 Å². The van der Waals surface area contributed by atoms with E-state index in [1.165, 1.54) is 36.4 Å². The molecule has 0 saturated carbocycles. The number of benzene rings is 2. The van der Waals surface area contributed by atoms with Gasteiger partial charge >= 0.3 is 0 Å². The zero-order chi connectivity index (χ0) is 19.4. The summed E-state index contributed by atoms with van der Waals surface area (Å²) >= 11 is 11.9. The number of hydrogen-bond acceptors (Lipinski definition) is 4. The molecule has 0 atom stereocenters. The monoisotopic (exact) mass is 436 g/mol. The van der Waals surface area contributed by atoms with Crippen molar-refractivity contribution in [1.29, 1.82) is 0 Å². The first-order chi connectivity index (χ1) is 12.1. The first kappa shape index (κ1) is 20.8. The van der Waals surface area contributed by atoms with Gasteiger partial charge in [-0.15, -0.1) is 0 Å². The fourth-order valence-corrected chi connectivity index (χ4v) is 4.92. The highest BCUT2D eigenvalue weighted by molar-refractivity contribution is 7.93. The normalized spacial score (nSPS) is 12.0. The average Bonchev–Trinajstić information content (AvgIpc) is 2.56. The zero-order valence-electron chi connectivity index (χ0n) is 13.9. The SMILES string of the molecule is CCCCS(=O)(=O)Nc1ccc(Cl)c(NS(=O)(=O)c2cccc(Cl)c2)c1. The van der Waals surface area contributed by atoms with Gasteiger partial charge in [0.15, 0.2) is 0 Å². The fourth-order valence-electron chi connectivity index (χ4n) is 2.07. The molecule has 26 heavy (non-hydrogen) atoms. The lowest BCUT2D eigenvalue weighted by Gasteiger charge is -2.13. The van der Waals surface area contributed by atoms with Crippen molar-refractivity contribution in [2.45, 2.75) is 24.7 Å². The van der Waals surface area contributed by atoms with E-state index in [2.05, 4.69) is 9.44 Å². The van der Waals surface area contributed by atoms with Gasteiger partial charge in [-0.3, -0.25) is 9.44 Å². The number of anilines is 2. The van der Waals surface area contributed by atoms with Gasteiger partial charge in [0.2, 0.25) is 10.0 Å². The summed E-state index contributed by atoms with van der Waals surface area (Å²) in [5.74, 6) is -0.0182. The van der Waals surface area contributed by atoms with Crippen molar-refractivity contribution in [2.24, 2.45) is 0 Å². The van der Waals surface area contributed by atoms with Crippen LogP contribution >= 0.6 is 23.2 Å². The molecule has 10 heteroatoms. The highest BCUT2D eigenvalue weighted by atomic mass is 35.5. The Hall–Kier alpha value is -1.48. The number of nitrogens with one attached hydrogen (secondary N) is 2. The summed E-state index contributed by atoms with van der Waals surface area (Å²) in [5.41, 5.74) is 0.275. The molecule has 0 amide bonds. The first-order valence-electron chi connectivity index (χ1n) is 7.71. The van der Waals surface area contributed by atoms with Crippen LogP contribution in [-0.4, -0.2) is 22.6 Å². The Balaban J connectivity index is 2.27. The van der Waals surface area contributed by atoms with Gasteiger partial charge in [-0.1, -0.05) is 42.6 Å². The quantitative estimate of drug-likeness (QED) is 0.643. The van der Waals surface area contributed by atoms with Crippen LogP contribution in [-0.2, 0) is 20.0 Å². The van der Waals surface area contributed by atoms with E-state index in [0.29, 0.717) is 6.42 Å². The van der Waals surface area contributed by atoms with Crippen LogP contribution in [0.2, 0.25) is 10.0 Å². The summed E-state index contributed by atoms with van der Waals surface area (Å²) in [7, 11) is -7.44. The van der Waals surface area contributed by atoms with Crippen LogP contribution in [0.1, 0.15) is 19.8 Å².